The molecule has 6 nitrogen and oxygen atoms in total. The number of imide groups is 2. The van der Waals surface area contributed by atoms with Gasteiger partial charge in [0.2, 0.25) is 5.91 Å². The summed E-state index contributed by atoms with van der Waals surface area (Å²) in [5.41, 5.74) is 0.810. The van der Waals surface area contributed by atoms with E-state index in [1.807, 2.05) is 24.3 Å². The molecule has 0 spiro atoms. The van der Waals surface area contributed by atoms with Crippen molar-refractivity contribution in [2.24, 2.45) is 0 Å². The van der Waals surface area contributed by atoms with Gasteiger partial charge < -0.3 is 0 Å². The van der Waals surface area contributed by atoms with E-state index in [1.54, 1.807) is 6.08 Å². The first-order chi connectivity index (χ1) is 11.5. The average molecular weight is 427 g/mol. The summed E-state index contributed by atoms with van der Waals surface area (Å²) in [7, 11) is 0. The number of benzene rings is 1. The van der Waals surface area contributed by atoms with Crippen LogP contribution in [0.2, 0.25) is 0 Å². The van der Waals surface area contributed by atoms with E-state index in [1.165, 1.54) is 0 Å². The topological polar surface area (TPSA) is 74.8 Å². The first-order valence-corrected chi connectivity index (χ1v) is 9.53. The van der Waals surface area contributed by atoms with Gasteiger partial charge in [0.1, 0.15) is 0 Å². The lowest BCUT2D eigenvalue weighted by molar-refractivity contribution is -0.126. The molecule has 0 aliphatic carbocycles. The minimum atomic E-state index is -0.403. The van der Waals surface area contributed by atoms with Gasteiger partial charge in [-0.25, -0.2) is 0 Å². The molecule has 2 fully saturated rings. The largest absolute Gasteiger partial charge is 0.293 e. The first-order valence-electron chi connectivity index (χ1n) is 6.94. The molecule has 0 atom stereocenters. The fourth-order valence-electron chi connectivity index (χ4n) is 2.20. The third-order valence-corrected chi connectivity index (χ3v) is 5.72. The van der Waals surface area contributed by atoms with Crippen molar-refractivity contribution < 1.29 is 19.2 Å². The van der Waals surface area contributed by atoms with Gasteiger partial charge in [0, 0.05) is 17.6 Å². The third kappa shape index (κ3) is 3.57. The molecule has 0 radical (unpaired) electrons. The summed E-state index contributed by atoms with van der Waals surface area (Å²) in [6.07, 6.45) is 1.65. The summed E-state index contributed by atoms with van der Waals surface area (Å²) in [6.45, 7) is 0.0503. The number of halogens is 1. The Morgan fingerprint density at radius 1 is 1.00 bits per heavy atom. The molecule has 0 aromatic heterocycles. The molecule has 124 valence electrons. The molecule has 0 saturated carbocycles. The summed E-state index contributed by atoms with van der Waals surface area (Å²) < 4.78 is 0.922. The standard InChI is InChI=1S/C15H11BrN2O4S2/c16-10-3-1-9(2-4-10)7-11-13(20)18(15(22)24-11)6-5-17-12(19)8-23-14(17)21/h1-4,7H,5-6,8H2. The molecule has 9 heteroatoms. The van der Waals surface area contributed by atoms with Gasteiger partial charge in [-0.15, -0.1) is 0 Å². The average Bonchev–Trinajstić information content (AvgIpc) is 3.00. The highest BCUT2D eigenvalue weighted by atomic mass is 79.9. The first kappa shape index (κ1) is 17.2. The second kappa shape index (κ2) is 7.12. The molecule has 2 heterocycles. The van der Waals surface area contributed by atoms with Crippen LogP contribution in [0.3, 0.4) is 0 Å². The maximum Gasteiger partial charge on any atom is 0.293 e. The number of rotatable bonds is 4. The number of thioether (sulfide) groups is 2. The van der Waals surface area contributed by atoms with Crippen LogP contribution in [0, 0.1) is 0 Å². The Balaban J connectivity index is 1.69. The summed E-state index contributed by atoms with van der Waals surface area (Å²) >= 11 is 5.12. The molecule has 1 aromatic rings. The lowest BCUT2D eigenvalue weighted by atomic mass is 10.2. The van der Waals surface area contributed by atoms with Crippen LogP contribution in [0.4, 0.5) is 9.59 Å². The van der Waals surface area contributed by atoms with Gasteiger partial charge in [-0.05, 0) is 35.5 Å². The van der Waals surface area contributed by atoms with Gasteiger partial charge in [-0.3, -0.25) is 29.0 Å². The van der Waals surface area contributed by atoms with E-state index in [0.29, 0.717) is 4.91 Å². The van der Waals surface area contributed by atoms with Crippen molar-refractivity contribution in [2.45, 2.75) is 0 Å². The number of hydrogen-bond donors (Lipinski definition) is 0. The Bertz CT molecular complexity index is 747. The molecule has 2 aliphatic heterocycles. The SMILES string of the molecule is O=C1CSC(=O)N1CCN1C(=O)SC(=Cc2ccc(Br)cc2)C1=O. The molecular formula is C15H11BrN2O4S2. The minimum Gasteiger partial charge on any atom is -0.273 e. The van der Waals surface area contributed by atoms with Crippen LogP contribution < -0.4 is 0 Å². The van der Waals surface area contributed by atoms with Crippen LogP contribution in [-0.4, -0.2) is 50.9 Å². The van der Waals surface area contributed by atoms with Crippen LogP contribution in [-0.2, 0) is 9.59 Å². The van der Waals surface area contributed by atoms with E-state index < -0.39 is 11.1 Å². The van der Waals surface area contributed by atoms with Crippen molar-refractivity contribution in [1.29, 1.82) is 0 Å². The normalized spacial score (nSPS) is 20.0. The molecular weight excluding hydrogens is 416 g/mol. The second-order valence-corrected chi connectivity index (χ2v) is 7.82. The number of carbonyl (C=O) groups is 4. The molecule has 24 heavy (non-hydrogen) atoms. The van der Waals surface area contributed by atoms with Crippen molar-refractivity contribution in [3.63, 3.8) is 0 Å². The Morgan fingerprint density at radius 3 is 2.29 bits per heavy atom. The van der Waals surface area contributed by atoms with Gasteiger partial charge >= 0.3 is 0 Å². The van der Waals surface area contributed by atoms with Crippen molar-refractivity contribution in [2.75, 3.05) is 18.8 Å². The summed E-state index contributed by atoms with van der Waals surface area (Å²) in [5.74, 6) is -0.577. The van der Waals surface area contributed by atoms with Gasteiger partial charge in [0.25, 0.3) is 16.4 Å². The maximum absolute atomic E-state index is 12.4. The fourth-order valence-corrected chi connectivity index (χ4v) is 4.08. The number of amides is 4. The molecule has 1 aromatic carbocycles. The van der Waals surface area contributed by atoms with Gasteiger partial charge in [-0.2, -0.15) is 0 Å². The van der Waals surface area contributed by atoms with Gasteiger partial charge in [-0.1, -0.05) is 39.8 Å². The highest BCUT2D eigenvalue weighted by Gasteiger charge is 2.37. The molecule has 4 amide bonds. The van der Waals surface area contributed by atoms with Crippen LogP contribution in [0.1, 0.15) is 5.56 Å². The predicted molar refractivity (Wildman–Crippen MR) is 96.4 cm³/mol. The molecule has 0 N–H and O–H groups in total. The van der Waals surface area contributed by atoms with E-state index in [9.17, 15) is 19.2 Å². The molecule has 0 unspecified atom stereocenters. The smallest absolute Gasteiger partial charge is 0.273 e. The highest BCUT2D eigenvalue weighted by molar-refractivity contribution is 9.10. The molecule has 2 saturated heterocycles. The second-order valence-electron chi connectivity index (χ2n) is 4.98. The number of nitrogens with zero attached hydrogens (tertiary/aromatic N) is 2. The fraction of sp³-hybridized carbons (Fsp3) is 0.200. The monoisotopic (exact) mass is 426 g/mol. The zero-order valence-corrected chi connectivity index (χ0v) is 15.4. The Morgan fingerprint density at radius 2 is 1.67 bits per heavy atom. The van der Waals surface area contributed by atoms with Crippen molar-refractivity contribution in [1.82, 2.24) is 9.80 Å². The van der Waals surface area contributed by atoms with Crippen LogP contribution in [0.15, 0.2) is 33.6 Å². The van der Waals surface area contributed by atoms with Crippen molar-refractivity contribution >= 4 is 67.8 Å². The number of carbonyl (C=O) groups excluding carboxylic acids is 4. The molecule has 3 rings (SSSR count). The maximum atomic E-state index is 12.4. The quantitative estimate of drug-likeness (QED) is 0.688. The zero-order chi connectivity index (χ0) is 17.3. The number of hydrogen-bond acceptors (Lipinski definition) is 6. The van der Waals surface area contributed by atoms with Crippen molar-refractivity contribution in [3.05, 3.63) is 39.2 Å². The lowest BCUT2D eigenvalue weighted by Gasteiger charge is -2.17. The van der Waals surface area contributed by atoms with E-state index in [4.69, 9.17) is 0 Å². The van der Waals surface area contributed by atoms with Crippen molar-refractivity contribution in [3.8, 4) is 0 Å². The van der Waals surface area contributed by atoms with Crippen LogP contribution in [0.25, 0.3) is 6.08 Å². The molecule has 0 bridgehead atoms. The molecule has 2 aliphatic rings. The van der Waals surface area contributed by atoms with Gasteiger partial charge in [0.05, 0.1) is 10.7 Å². The Kier molecular flexibility index (Phi) is 5.12. The minimum absolute atomic E-state index is 0.0143. The van der Waals surface area contributed by atoms with Crippen LogP contribution >= 0.6 is 39.5 Å². The Hall–Kier alpha value is -1.58. The summed E-state index contributed by atoms with van der Waals surface area (Å²) in [4.78, 5) is 50.0. The van der Waals surface area contributed by atoms with Crippen LogP contribution in [0.5, 0.6) is 0 Å². The summed E-state index contributed by atoms with van der Waals surface area (Å²) in [6, 6.07) is 7.35. The van der Waals surface area contributed by atoms with E-state index >= 15 is 0 Å². The Labute approximate surface area is 154 Å². The van der Waals surface area contributed by atoms with E-state index in [-0.39, 0.29) is 30.0 Å². The lowest BCUT2D eigenvalue weighted by Crippen LogP contribution is -2.39. The van der Waals surface area contributed by atoms with Gasteiger partial charge in [0.15, 0.2) is 0 Å². The predicted octanol–water partition coefficient (Wildman–Crippen LogP) is 3.18. The van der Waals surface area contributed by atoms with E-state index in [0.717, 1.165) is 43.4 Å². The van der Waals surface area contributed by atoms with E-state index in [2.05, 4.69) is 15.9 Å². The zero-order valence-electron chi connectivity index (χ0n) is 12.2. The highest BCUT2D eigenvalue weighted by Crippen LogP contribution is 2.32. The summed E-state index contributed by atoms with van der Waals surface area (Å²) in [5, 5.41) is -0.729. The third-order valence-electron chi connectivity index (χ3n) is 3.43.